The Morgan fingerprint density at radius 2 is 2.36 bits per heavy atom. The van der Waals surface area contributed by atoms with Crippen LogP contribution in [-0.4, -0.2) is 56.7 Å². The van der Waals surface area contributed by atoms with E-state index >= 15 is 0 Å². The van der Waals surface area contributed by atoms with Gasteiger partial charge in [0.1, 0.15) is 0 Å². The van der Waals surface area contributed by atoms with Crippen molar-refractivity contribution in [2.45, 2.75) is 18.9 Å². The van der Waals surface area contributed by atoms with Gasteiger partial charge in [-0.05, 0) is 29.8 Å². The number of nitrogens with zero attached hydrogens (tertiary/aromatic N) is 3. The van der Waals surface area contributed by atoms with Crippen LogP contribution in [0.1, 0.15) is 24.7 Å². The fourth-order valence-corrected chi connectivity index (χ4v) is 1.23. The number of aromatic amines is 1. The molecule has 0 saturated carbocycles. The molecule has 5 nitrogen and oxygen atoms in total. The van der Waals surface area contributed by atoms with Gasteiger partial charge in [-0.25, -0.2) is 5.10 Å². The van der Waals surface area contributed by atoms with Crippen LogP contribution in [0.4, 0.5) is 0 Å². The monoisotopic (exact) mass is 163 g/mol. The van der Waals surface area contributed by atoms with E-state index in [9.17, 15) is 0 Å². The minimum absolute atomic E-state index is 0. The van der Waals surface area contributed by atoms with Crippen molar-refractivity contribution in [3.8, 4) is 0 Å². The first-order valence-electron chi connectivity index (χ1n) is 3.44. The van der Waals surface area contributed by atoms with Crippen molar-refractivity contribution in [3.63, 3.8) is 0 Å². The van der Waals surface area contributed by atoms with Crippen LogP contribution in [0, 0.1) is 0 Å². The molecule has 1 aromatic rings. The Hall–Kier alpha value is 0.0300. The predicted molar refractivity (Wildman–Crippen MR) is 41.3 cm³/mol. The maximum atomic E-state index is 3.82. The SMILES string of the molecule is C1CNC(c2nnn[nH]2)C1.[NaH]. The Labute approximate surface area is 86.6 Å². The molecule has 2 heterocycles. The van der Waals surface area contributed by atoms with Crippen LogP contribution in [0.3, 0.4) is 0 Å². The van der Waals surface area contributed by atoms with E-state index in [-0.39, 0.29) is 29.6 Å². The molecule has 1 atom stereocenters. The van der Waals surface area contributed by atoms with Gasteiger partial charge < -0.3 is 5.32 Å². The van der Waals surface area contributed by atoms with Crippen molar-refractivity contribution >= 4 is 29.6 Å². The van der Waals surface area contributed by atoms with Gasteiger partial charge >= 0.3 is 29.6 Å². The first-order valence-corrected chi connectivity index (χ1v) is 3.44. The summed E-state index contributed by atoms with van der Waals surface area (Å²) in [5.74, 6) is 0.859. The second-order valence-electron chi connectivity index (χ2n) is 2.44. The van der Waals surface area contributed by atoms with Gasteiger partial charge in [0.15, 0.2) is 5.82 Å². The number of rotatable bonds is 1. The van der Waals surface area contributed by atoms with Gasteiger partial charge in [0.25, 0.3) is 0 Å². The molecule has 1 aliphatic rings. The standard InChI is InChI=1S/C5H9N5.Na.H/c1-2-4(6-3-1)5-7-9-10-8-5;;/h4,6H,1-3H2,(H,7,8,9,10);;. The average Bonchev–Trinajstić information content (AvgIpc) is 2.59. The van der Waals surface area contributed by atoms with Crippen LogP contribution in [-0.2, 0) is 0 Å². The Kier molecular flexibility index (Phi) is 3.45. The molecule has 6 heteroatoms. The van der Waals surface area contributed by atoms with Gasteiger partial charge in [0.2, 0.25) is 0 Å². The fraction of sp³-hybridized carbons (Fsp3) is 0.800. The average molecular weight is 163 g/mol. The zero-order valence-corrected chi connectivity index (χ0v) is 5.54. The Balaban J connectivity index is 0.000000605. The van der Waals surface area contributed by atoms with Gasteiger partial charge in [0, 0.05) is 0 Å². The summed E-state index contributed by atoms with van der Waals surface area (Å²) in [7, 11) is 0. The Bertz CT molecular complexity index is 193. The summed E-state index contributed by atoms with van der Waals surface area (Å²) in [4.78, 5) is 0. The number of nitrogens with one attached hydrogen (secondary N) is 2. The van der Waals surface area contributed by atoms with Crippen molar-refractivity contribution in [2.24, 2.45) is 0 Å². The summed E-state index contributed by atoms with van der Waals surface area (Å²) in [6, 6.07) is 0.356. The van der Waals surface area contributed by atoms with E-state index in [0.29, 0.717) is 6.04 Å². The van der Waals surface area contributed by atoms with Crippen molar-refractivity contribution < 1.29 is 0 Å². The number of hydrogen-bond acceptors (Lipinski definition) is 4. The molecule has 0 aromatic carbocycles. The second kappa shape index (κ2) is 4.15. The molecule has 0 radical (unpaired) electrons. The van der Waals surface area contributed by atoms with Crippen LogP contribution in [0.25, 0.3) is 0 Å². The first kappa shape index (κ1) is 9.12. The van der Waals surface area contributed by atoms with Gasteiger partial charge in [-0.15, -0.1) is 5.10 Å². The summed E-state index contributed by atoms with van der Waals surface area (Å²) in [6.07, 6.45) is 2.35. The molecule has 0 spiro atoms. The predicted octanol–water partition coefficient (Wildman–Crippen LogP) is -1.02. The van der Waals surface area contributed by atoms with Crippen LogP contribution in [0.5, 0.6) is 0 Å². The van der Waals surface area contributed by atoms with Gasteiger partial charge in [-0.2, -0.15) is 0 Å². The molecule has 0 amide bonds. The summed E-state index contributed by atoms with van der Waals surface area (Å²) < 4.78 is 0. The van der Waals surface area contributed by atoms with E-state index in [1.54, 1.807) is 0 Å². The molecular formula is C5H10N5Na. The van der Waals surface area contributed by atoms with Gasteiger partial charge in [0.05, 0.1) is 6.04 Å². The van der Waals surface area contributed by atoms with E-state index in [1.807, 2.05) is 0 Å². The molecule has 11 heavy (non-hydrogen) atoms. The number of tetrazole rings is 1. The molecule has 2 rings (SSSR count). The normalized spacial score (nSPS) is 23.1. The van der Waals surface area contributed by atoms with Crippen LogP contribution in [0.2, 0.25) is 0 Å². The molecular weight excluding hydrogens is 153 g/mol. The number of H-pyrrole nitrogens is 1. The van der Waals surface area contributed by atoms with Crippen LogP contribution < -0.4 is 5.32 Å². The van der Waals surface area contributed by atoms with E-state index in [2.05, 4.69) is 25.9 Å². The molecule has 1 aliphatic heterocycles. The van der Waals surface area contributed by atoms with Crippen molar-refractivity contribution in [1.82, 2.24) is 25.9 Å². The van der Waals surface area contributed by atoms with Crippen molar-refractivity contribution in [3.05, 3.63) is 5.82 Å². The molecule has 1 unspecified atom stereocenters. The van der Waals surface area contributed by atoms with Crippen LogP contribution in [0.15, 0.2) is 0 Å². The second-order valence-corrected chi connectivity index (χ2v) is 2.44. The zero-order valence-electron chi connectivity index (χ0n) is 5.54. The third-order valence-electron chi connectivity index (χ3n) is 1.75. The van der Waals surface area contributed by atoms with E-state index < -0.39 is 0 Å². The van der Waals surface area contributed by atoms with E-state index in [0.717, 1.165) is 18.8 Å². The third kappa shape index (κ3) is 1.99. The first-order chi connectivity index (χ1) is 4.97. The van der Waals surface area contributed by atoms with Crippen LogP contribution >= 0.6 is 0 Å². The van der Waals surface area contributed by atoms with Crippen molar-refractivity contribution in [2.75, 3.05) is 6.54 Å². The van der Waals surface area contributed by atoms with Gasteiger partial charge in [-0.3, -0.25) is 0 Å². The van der Waals surface area contributed by atoms with E-state index in [4.69, 9.17) is 0 Å². The summed E-state index contributed by atoms with van der Waals surface area (Å²) >= 11 is 0. The molecule has 1 aromatic heterocycles. The summed E-state index contributed by atoms with van der Waals surface area (Å²) in [6.45, 7) is 1.07. The maximum absolute atomic E-state index is 3.82. The van der Waals surface area contributed by atoms with E-state index in [1.165, 1.54) is 6.42 Å². The molecule has 0 aliphatic carbocycles. The Morgan fingerprint density at radius 1 is 1.45 bits per heavy atom. The van der Waals surface area contributed by atoms with Crippen molar-refractivity contribution in [1.29, 1.82) is 0 Å². The fourth-order valence-electron chi connectivity index (χ4n) is 1.23. The topological polar surface area (TPSA) is 66.5 Å². The quantitative estimate of drug-likeness (QED) is 0.520. The Morgan fingerprint density at radius 3 is 2.91 bits per heavy atom. The molecule has 2 N–H and O–H groups in total. The zero-order chi connectivity index (χ0) is 6.81. The molecule has 1 fully saturated rings. The number of hydrogen-bond donors (Lipinski definition) is 2. The summed E-state index contributed by atoms with van der Waals surface area (Å²) in [5.41, 5.74) is 0. The summed E-state index contributed by atoms with van der Waals surface area (Å²) in [5, 5.41) is 16.9. The third-order valence-corrected chi connectivity index (χ3v) is 1.75. The van der Waals surface area contributed by atoms with Gasteiger partial charge in [-0.1, -0.05) is 0 Å². The molecule has 1 saturated heterocycles. The number of aromatic nitrogens is 4. The molecule has 0 bridgehead atoms. The minimum atomic E-state index is 0. The molecule has 56 valence electrons.